The first-order valence-electron chi connectivity index (χ1n) is 5.84. The first-order valence-corrected chi connectivity index (χ1v) is 5.84. The largest absolute Gasteiger partial charge is 0.308 e. The molecule has 3 rings (SSSR count). The molecule has 3 N–H and O–H groups in total. The van der Waals surface area contributed by atoms with Crippen molar-refractivity contribution in [1.29, 1.82) is 0 Å². The zero-order chi connectivity index (χ0) is 11.0. The highest BCUT2D eigenvalue weighted by molar-refractivity contribution is 5.12. The molecule has 5 nitrogen and oxygen atoms in total. The number of hydrogen-bond acceptors (Lipinski definition) is 5. The zero-order valence-electron chi connectivity index (χ0n) is 9.35. The van der Waals surface area contributed by atoms with E-state index < -0.39 is 0 Å². The summed E-state index contributed by atoms with van der Waals surface area (Å²) in [6.07, 6.45) is 6.53. The molecule has 4 atom stereocenters. The molecule has 2 aliphatic heterocycles. The molecule has 86 valence electrons. The molecule has 0 radical (unpaired) electrons. The van der Waals surface area contributed by atoms with Crippen LogP contribution in [0.4, 0.5) is 0 Å². The van der Waals surface area contributed by atoms with Crippen LogP contribution in [0.1, 0.15) is 24.9 Å². The van der Waals surface area contributed by atoms with Crippen molar-refractivity contribution in [3.63, 3.8) is 0 Å². The minimum atomic E-state index is 0.395. The summed E-state index contributed by atoms with van der Waals surface area (Å²) in [6.45, 7) is 3.24. The van der Waals surface area contributed by atoms with E-state index in [4.69, 9.17) is 0 Å². The third-order valence-corrected chi connectivity index (χ3v) is 3.73. The smallest absolute Gasteiger partial charge is 0.115 e. The number of rotatable bonds is 1. The molecule has 0 amide bonds. The molecule has 1 aromatic heterocycles. The number of hydrogen-bond donors (Lipinski definition) is 3. The van der Waals surface area contributed by atoms with Gasteiger partial charge in [-0.15, -0.1) is 0 Å². The van der Waals surface area contributed by atoms with E-state index in [2.05, 4.69) is 33.1 Å². The number of aromatic nitrogens is 2. The van der Waals surface area contributed by atoms with Crippen LogP contribution in [0, 0.1) is 5.92 Å². The fourth-order valence-corrected chi connectivity index (χ4v) is 2.74. The lowest BCUT2D eigenvalue weighted by Crippen LogP contribution is -2.46. The van der Waals surface area contributed by atoms with Gasteiger partial charge in [0.2, 0.25) is 0 Å². The summed E-state index contributed by atoms with van der Waals surface area (Å²) in [5.41, 5.74) is 7.84. The van der Waals surface area contributed by atoms with Gasteiger partial charge in [0.15, 0.2) is 0 Å². The second-order valence-corrected chi connectivity index (χ2v) is 4.72. The second-order valence-electron chi connectivity index (χ2n) is 4.72. The summed E-state index contributed by atoms with van der Waals surface area (Å²) in [5.74, 6) is 0.687. The highest BCUT2D eigenvalue weighted by Crippen LogP contribution is 2.30. The van der Waals surface area contributed by atoms with E-state index in [0.29, 0.717) is 24.0 Å². The maximum absolute atomic E-state index is 4.08. The van der Waals surface area contributed by atoms with E-state index in [-0.39, 0.29) is 0 Å². The molecule has 2 fully saturated rings. The van der Waals surface area contributed by atoms with Gasteiger partial charge in [0.25, 0.3) is 0 Å². The Morgan fingerprint density at radius 3 is 2.88 bits per heavy atom. The fraction of sp³-hybridized carbons (Fsp3) is 0.636. The maximum atomic E-state index is 4.08. The summed E-state index contributed by atoms with van der Waals surface area (Å²) in [7, 11) is 0. The van der Waals surface area contributed by atoms with Gasteiger partial charge in [-0.1, -0.05) is 0 Å². The molecule has 0 spiro atoms. The Morgan fingerprint density at radius 1 is 1.25 bits per heavy atom. The predicted octanol–water partition coefficient (Wildman–Crippen LogP) is -0.00790. The molecule has 4 unspecified atom stereocenters. The third kappa shape index (κ3) is 1.71. The summed E-state index contributed by atoms with van der Waals surface area (Å²) < 4.78 is 0. The van der Waals surface area contributed by atoms with Gasteiger partial charge in [0.05, 0.1) is 0 Å². The van der Waals surface area contributed by atoms with Gasteiger partial charge in [0.1, 0.15) is 6.33 Å². The molecule has 2 saturated heterocycles. The Bertz CT molecular complexity index is 355. The van der Waals surface area contributed by atoms with Crippen LogP contribution in [-0.4, -0.2) is 28.6 Å². The number of piperidine rings is 1. The van der Waals surface area contributed by atoms with Crippen LogP contribution < -0.4 is 16.2 Å². The van der Waals surface area contributed by atoms with Crippen molar-refractivity contribution in [3.05, 3.63) is 24.3 Å². The zero-order valence-corrected chi connectivity index (χ0v) is 9.35. The van der Waals surface area contributed by atoms with E-state index in [1.807, 2.05) is 12.4 Å². The van der Waals surface area contributed by atoms with E-state index in [0.717, 1.165) is 13.0 Å². The van der Waals surface area contributed by atoms with Crippen LogP contribution in [-0.2, 0) is 0 Å². The molecule has 0 aromatic carbocycles. The number of nitrogens with one attached hydrogen (secondary N) is 3. The monoisotopic (exact) mass is 219 g/mol. The van der Waals surface area contributed by atoms with Gasteiger partial charge in [0, 0.05) is 42.6 Å². The van der Waals surface area contributed by atoms with Crippen molar-refractivity contribution in [2.24, 2.45) is 5.92 Å². The van der Waals surface area contributed by atoms with Crippen LogP contribution in [0.3, 0.4) is 0 Å². The standard InChI is InChI=1S/C11H17N5/c1-7-9-2-10(8-3-12-6-13-4-8)14-5-11(9)16-15-7/h3-4,6-7,9-11,14-16H,2,5H2,1H3. The highest BCUT2D eigenvalue weighted by Gasteiger charge is 2.38. The van der Waals surface area contributed by atoms with Gasteiger partial charge in [-0.05, 0) is 19.3 Å². The van der Waals surface area contributed by atoms with Crippen molar-refractivity contribution in [2.75, 3.05) is 6.54 Å². The number of nitrogens with zero attached hydrogens (tertiary/aromatic N) is 2. The summed E-state index contributed by atoms with van der Waals surface area (Å²) in [5, 5.41) is 3.54. The molecule has 0 bridgehead atoms. The van der Waals surface area contributed by atoms with Crippen molar-refractivity contribution in [3.8, 4) is 0 Å². The lowest BCUT2D eigenvalue weighted by atomic mass is 9.83. The quantitative estimate of drug-likeness (QED) is 0.620. The Hall–Kier alpha value is -1.04. The third-order valence-electron chi connectivity index (χ3n) is 3.73. The molecular weight excluding hydrogens is 202 g/mol. The van der Waals surface area contributed by atoms with Crippen molar-refractivity contribution >= 4 is 0 Å². The second kappa shape index (κ2) is 4.08. The molecular formula is C11H17N5. The summed E-state index contributed by atoms with van der Waals surface area (Å²) in [4.78, 5) is 8.16. The molecule has 2 aliphatic rings. The SMILES string of the molecule is CC1NNC2CNC(c3cncnc3)CC12. The van der Waals surface area contributed by atoms with Gasteiger partial charge >= 0.3 is 0 Å². The lowest BCUT2D eigenvalue weighted by molar-refractivity contribution is 0.270. The van der Waals surface area contributed by atoms with Crippen LogP contribution in [0.25, 0.3) is 0 Å². The molecule has 0 aliphatic carbocycles. The average molecular weight is 219 g/mol. The predicted molar refractivity (Wildman–Crippen MR) is 60.4 cm³/mol. The first-order chi connectivity index (χ1) is 7.84. The van der Waals surface area contributed by atoms with Crippen molar-refractivity contribution in [2.45, 2.75) is 31.5 Å². The first kappa shape index (κ1) is 10.1. The van der Waals surface area contributed by atoms with E-state index in [1.165, 1.54) is 5.56 Å². The van der Waals surface area contributed by atoms with E-state index in [1.54, 1.807) is 6.33 Å². The van der Waals surface area contributed by atoms with Gasteiger partial charge in [-0.3, -0.25) is 10.9 Å². The molecule has 0 saturated carbocycles. The minimum Gasteiger partial charge on any atom is -0.308 e. The Kier molecular flexibility index (Phi) is 2.59. The highest BCUT2D eigenvalue weighted by atomic mass is 15.4. The van der Waals surface area contributed by atoms with Gasteiger partial charge in [-0.25, -0.2) is 9.97 Å². The average Bonchev–Trinajstić information content (AvgIpc) is 2.72. The number of fused-ring (bicyclic) bond motifs is 1. The van der Waals surface area contributed by atoms with Crippen LogP contribution in [0.15, 0.2) is 18.7 Å². The molecule has 5 heteroatoms. The normalized spacial score (nSPS) is 38.3. The molecule has 3 heterocycles. The topological polar surface area (TPSA) is 61.9 Å². The minimum absolute atomic E-state index is 0.395. The molecule has 16 heavy (non-hydrogen) atoms. The van der Waals surface area contributed by atoms with Gasteiger partial charge in [-0.2, -0.15) is 0 Å². The van der Waals surface area contributed by atoms with Crippen LogP contribution >= 0.6 is 0 Å². The summed E-state index contributed by atoms with van der Waals surface area (Å²) >= 11 is 0. The van der Waals surface area contributed by atoms with Crippen LogP contribution in [0.2, 0.25) is 0 Å². The Labute approximate surface area is 95.0 Å². The fourth-order valence-electron chi connectivity index (χ4n) is 2.74. The van der Waals surface area contributed by atoms with E-state index in [9.17, 15) is 0 Å². The molecule has 1 aromatic rings. The number of hydrazine groups is 1. The summed E-state index contributed by atoms with van der Waals surface area (Å²) in [6, 6.07) is 1.49. The Balaban J connectivity index is 1.75. The Morgan fingerprint density at radius 2 is 2.06 bits per heavy atom. The maximum Gasteiger partial charge on any atom is 0.115 e. The lowest BCUT2D eigenvalue weighted by Gasteiger charge is -2.33. The van der Waals surface area contributed by atoms with E-state index >= 15 is 0 Å². The van der Waals surface area contributed by atoms with Crippen molar-refractivity contribution in [1.82, 2.24) is 26.1 Å². The van der Waals surface area contributed by atoms with Crippen molar-refractivity contribution < 1.29 is 0 Å². The van der Waals surface area contributed by atoms with Crippen LogP contribution in [0.5, 0.6) is 0 Å². The van der Waals surface area contributed by atoms with Gasteiger partial charge < -0.3 is 5.32 Å².